The minimum absolute atomic E-state index is 0.0554. The molecule has 1 aromatic heterocycles. The van der Waals surface area contributed by atoms with Crippen LogP contribution in [0.15, 0.2) is 42.5 Å². The summed E-state index contributed by atoms with van der Waals surface area (Å²) in [5.41, 5.74) is -0.0958. The number of hydrogen-bond acceptors (Lipinski definition) is 4. The maximum Gasteiger partial charge on any atom is 0.416 e. The van der Waals surface area contributed by atoms with Gasteiger partial charge in [0.15, 0.2) is 5.69 Å². The largest absolute Gasteiger partial charge is 0.464 e. The Morgan fingerprint density at radius 3 is 2.59 bits per heavy atom. The normalized spacial score (nSPS) is 11.0. The van der Waals surface area contributed by atoms with E-state index in [4.69, 9.17) is 0 Å². The van der Waals surface area contributed by atoms with Crippen LogP contribution in [-0.2, 0) is 17.3 Å². The first kappa shape index (κ1) is 20.2. The molecule has 0 fully saturated rings. The summed E-state index contributed by atoms with van der Waals surface area (Å²) in [6.45, 7) is 0.263. The molecule has 0 radical (unpaired) electrons. The van der Waals surface area contributed by atoms with Crippen LogP contribution < -0.4 is 10.6 Å². The minimum atomic E-state index is -4.38. The number of anilines is 1. The molecule has 0 spiro atoms. The summed E-state index contributed by atoms with van der Waals surface area (Å²) in [6.07, 6.45) is -3.52. The smallest absolute Gasteiger partial charge is 0.416 e. The van der Waals surface area contributed by atoms with Gasteiger partial charge in [-0.25, -0.2) is 14.6 Å². The molecule has 1 heterocycles. The van der Waals surface area contributed by atoms with Crippen molar-refractivity contribution in [2.24, 2.45) is 0 Å². The summed E-state index contributed by atoms with van der Waals surface area (Å²) in [7, 11) is 1.22. The number of esters is 1. The number of halogens is 3. The molecule has 144 valence electrons. The van der Waals surface area contributed by atoms with Crippen LogP contribution in [0.3, 0.4) is 0 Å². The maximum atomic E-state index is 12.7. The number of nitrogens with one attached hydrogen (secondary N) is 2. The first-order valence-corrected chi connectivity index (χ1v) is 8.06. The van der Waals surface area contributed by atoms with E-state index in [-0.39, 0.29) is 18.1 Å². The molecule has 2 rings (SSSR count). The van der Waals surface area contributed by atoms with Crippen LogP contribution in [0, 0.1) is 0 Å². The second kappa shape index (κ2) is 9.02. The maximum absolute atomic E-state index is 12.7. The van der Waals surface area contributed by atoms with Gasteiger partial charge in [0.25, 0.3) is 0 Å². The van der Waals surface area contributed by atoms with Gasteiger partial charge < -0.3 is 10.1 Å². The van der Waals surface area contributed by atoms with Gasteiger partial charge in [-0.1, -0.05) is 24.3 Å². The van der Waals surface area contributed by atoms with Crippen molar-refractivity contribution >= 4 is 17.8 Å². The number of alkyl halides is 3. The Morgan fingerprint density at radius 2 is 1.89 bits per heavy atom. The number of urea groups is 1. The van der Waals surface area contributed by atoms with Crippen molar-refractivity contribution in [3.63, 3.8) is 0 Å². The van der Waals surface area contributed by atoms with E-state index in [9.17, 15) is 22.8 Å². The van der Waals surface area contributed by atoms with E-state index in [0.717, 1.165) is 12.1 Å². The fraction of sp³-hybridized carbons (Fsp3) is 0.278. The second-order valence-electron chi connectivity index (χ2n) is 5.58. The Kier molecular flexibility index (Phi) is 6.75. The summed E-state index contributed by atoms with van der Waals surface area (Å²) in [5.74, 6) is -0.451. The van der Waals surface area contributed by atoms with Crippen LogP contribution in [0.25, 0.3) is 0 Å². The lowest BCUT2D eigenvalue weighted by Crippen LogP contribution is -2.30. The zero-order valence-corrected chi connectivity index (χ0v) is 14.5. The van der Waals surface area contributed by atoms with E-state index >= 15 is 0 Å². The monoisotopic (exact) mass is 381 g/mol. The highest BCUT2D eigenvalue weighted by atomic mass is 19.4. The third-order valence-electron chi connectivity index (χ3n) is 3.57. The fourth-order valence-corrected chi connectivity index (χ4v) is 2.28. The van der Waals surface area contributed by atoms with Gasteiger partial charge in [-0.15, -0.1) is 0 Å². The zero-order valence-electron chi connectivity index (χ0n) is 14.5. The van der Waals surface area contributed by atoms with Crippen molar-refractivity contribution in [3.05, 3.63) is 59.3 Å². The van der Waals surface area contributed by atoms with Gasteiger partial charge in [0, 0.05) is 6.54 Å². The molecule has 0 saturated carbocycles. The van der Waals surface area contributed by atoms with Crippen molar-refractivity contribution in [2.75, 3.05) is 19.0 Å². The Bertz CT molecular complexity index is 810. The molecule has 0 atom stereocenters. The summed E-state index contributed by atoms with van der Waals surface area (Å²) < 4.78 is 42.6. The molecule has 0 bridgehead atoms. The standard InChI is InChI=1S/C18H18F3N3O3/c1-27-16(25)14-8-3-9-15(23-14)24-17(26)22-10-4-6-12-5-2-7-13(11-12)18(19,20)21/h2-3,5,7-9,11H,4,6,10H2,1H3,(H2,22,23,24,26). The quantitative estimate of drug-likeness (QED) is 0.591. The minimum Gasteiger partial charge on any atom is -0.464 e. The van der Waals surface area contributed by atoms with E-state index in [2.05, 4.69) is 20.4 Å². The average molecular weight is 381 g/mol. The number of amides is 2. The molecule has 0 aliphatic heterocycles. The van der Waals surface area contributed by atoms with E-state index in [1.807, 2.05) is 0 Å². The van der Waals surface area contributed by atoms with Crippen LogP contribution in [0.2, 0.25) is 0 Å². The lowest BCUT2D eigenvalue weighted by Gasteiger charge is -2.10. The van der Waals surface area contributed by atoms with Crippen LogP contribution in [0.4, 0.5) is 23.8 Å². The molecule has 2 amide bonds. The van der Waals surface area contributed by atoms with Crippen LogP contribution in [0.5, 0.6) is 0 Å². The fourth-order valence-electron chi connectivity index (χ4n) is 2.28. The predicted octanol–water partition coefficient (Wildman–Crippen LogP) is 3.64. The van der Waals surface area contributed by atoms with E-state index in [0.29, 0.717) is 18.4 Å². The average Bonchev–Trinajstić information content (AvgIpc) is 2.64. The number of rotatable bonds is 6. The van der Waals surface area contributed by atoms with Gasteiger partial charge in [0.1, 0.15) is 5.82 Å². The molecule has 2 aromatic rings. The number of pyridine rings is 1. The molecule has 6 nitrogen and oxygen atoms in total. The third-order valence-corrected chi connectivity index (χ3v) is 3.57. The number of aryl methyl sites for hydroxylation is 1. The summed E-state index contributed by atoms with van der Waals surface area (Å²) in [6, 6.07) is 9.05. The van der Waals surface area contributed by atoms with Crippen molar-refractivity contribution in [1.29, 1.82) is 0 Å². The molecule has 0 aliphatic carbocycles. The van der Waals surface area contributed by atoms with Gasteiger partial charge in [0.2, 0.25) is 0 Å². The Morgan fingerprint density at radius 1 is 1.15 bits per heavy atom. The number of carbonyl (C=O) groups is 2. The van der Waals surface area contributed by atoms with E-state index < -0.39 is 23.7 Å². The van der Waals surface area contributed by atoms with Crippen LogP contribution in [0.1, 0.15) is 28.0 Å². The van der Waals surface area contributed by atoms with Gasteiger partial charge in [-0.05, 0) is 36.6 Å². The topological polar surface area (TPSA) is 80.3 Å². The molecule has 27 heavy (non-hydrogen) atoms. The third kappa shape index (κ3) is 6.28. The first-order valence-electron chi connectivity index (χ1n) is 8.06. The molecule has 1 aromatic carbocycles. The van der Waals surface area contributed by atoms with Crippen LogP contribution >= 0.6 is 0 Å². The summed E-state index contributed by atoms with van der Waals surface area (Å²) in [4.78, 5) is 27.2. The first-order chi connectivity index (χ1) is 12.8. The number of benzene rings is 1. The van der Waals surface area contributed by atoms with Crippen molar-refractivity contribution in [1.82, 2.24) is 10.3 Å². The lowest BCUT2D eigenvalue weighted by atomic mass is 10.1. The number of methoxy groups -OCH3 is 1. The van der Waals surface area contributed by atoms with Gasteiger partial charge in [-0.3, -0.25) is 5.32 Å². The number of nitrogens with zero attached hydrogens (tertiary/aromatic N) is 1. The summed E-state index contributed by atoms with van der Waals surface area (Å²) >= 11 is 0. The molecule has 2 N–H and O–H groups in total. The van der Waals surface area contributed by atoms with Crippen molar-refractivity contribution in [2.45, 2.75) is 19.0 Å². The zero-order chi connectivity index (χ0) is 19.9. The van der Waals surface area contributed by atoms with E-state index in [1.165, 1.54) is 25.3 Å². The van der Waals surface area contributed by atoms with Gasteiger partial charge in [0.05, 0.1) is 12.7 Å². The van der Waals surface area contributed by atoms with Crippen molar-refractivity contribution < 1.29 is 27.5 Å². The Labute approximate surface area is 153 Å². The molecule has 0 unspecified atom stereocenters. The number of hydrogen-bond donors (Lipinski definition) is 2. The predicted molar refractivity (Wildman–Crippen MR) is 92.4 cm³/mol. The van der Waals surface area contributed by atoms with Gasteiger partial charge in [-0.2, -0.15) is 13.2 Å². The SMILES string of the molecule is COC(=O)c1cccc(NC(=O)NCCCc2cccc(C(F)(F)F)c2)n1. The number of aromatic nitrogens is 1. The Balaban J connectivity index is 1.79. The molecular formula is C18H18F3N3O3. The molecule has 0 saturated heterocycles. The lowest BCUT2D eigenvalue weighted by molar-refractivity contribution is -0.137. The molecule has 0 aliphatic rings. The summed E-state index contributed by atoms with van der Waals surface area (Å²) in [5, 5.41) is 5.05. The van der Waals surface area contributed by atoms with Crippen LogP contribution in [-0.4, -0.2) is 30.6 Å². The van der Waals surface area contributed by atoms with E-state index in [1.54, 1.807) is 12.1 Å². The second-order valence-corrected chi connectivity index (χ2v) is 5.58. The van der Waals surface area contributed by atoms with Gasteiger partial charge >= 0.3 is 18.2 Å². The highest BCUT2D eigenvalue weighted by Crippen LogP contribution is 2.29. The highest BCUT2D eigenvalue weighted by Gasteiger charge is 2.30. The molecular weight excluding hydrogens is 363 g/mol. The van der Waals surface area contributed by atoms with Crippen molar-refractivity contribution in [3.8, 4) is 0 Å². The molecule has 9 heteroatoms. The number of carbonyl (C=O) groups excluding carboxylic acids is 2. The Hall–Kier alpha value is -3.10. The highest BCUT2D eigenvalue weighted by molar-refractivity contribution is 5.90. The number of ether oxygens (including phenoxy) is 1.